The fourth-order valence-corrected chi connectivity index (χ4v) is 1.52. The molecule has 3 nitrogen and oxygen atoms in total. The van der Waals surface area contributed by atoms with E-state index in [0.717, 1.165) is 11.8 Å². The third-order valence-corrected chi connectivity index (χ3v) is 2.44. The maximum atomic E-state index is 10.4. The maximum absolute atomic E-state index is 10.4. The average molecular weight is 221 g/mol. The minimum absolute atomic E-state index is 0.432. The molecule has 1 heterocycles. The summed E-state index contributed by atoms with van der Waals surface area (Å²) in [5.74, 6) is 0. The molecule has 0 fully saturated rings. The van der Waals surface area contributed by atoms with Crippen LogP contribution in [0.1, 0.15) is 16.1 Å². The zero-order valence-corrected chi connectivity index (χ0v) is 8.69. The Morgan fingerprint density at radius 1 is 1.33 bits per heavy atom. The highest BCUT2D eigenvalue weighted by Gasteiger charge is 2.01. The first-order valence-electron chi connectivity index (χ1n) is 4.51. The van der Waals surface area contributed by atoms with Crippen molar-refractivity contribution in [1.29, 1.82) is 0 Å². The predicted molar refractivity (Wildman–Crippen MR) is 58.2 cm³/mol. The quantitative estimate of drug-likeness (QED) is 0.745. The topological polar surface area (TPSA) is 34.9 Å². The van der Waals surface area contributed by atoms with E-state index in [0.29, 0.717) is 17.3 Å². The van der Waals surface area contributed by atoms with E-state index in [2.05, 4.69) is 5.10 Å². The van der Waals surface area contributed by atoms with Crippen LogP contribution >= 0.6 is 11.6 Å². The van der Waals surface area contributed by atoms with E-state index < -0.39 is 0 Å². The van der Waals surface area contributed by atoms with Crippen LogP contribution in [0.4, 0.5) is 0 Å². The number of carbonyl (C=O) groups is 1. The van der Waals surface area contributed by atoms with Crippen LogP contribution in [0.15, 0.2) is 36.5 Å². The number of aromatic nitrogens is 2. The Morgan fingerprint density at radius 3 is 2.80 bits per heavy atom. The minimum Gasteiger partial charge on any atom is -0.296 e. The van der Waals surface area contributed by atoms with E-state index in [1.807, 2.05) is 24.3 Å². The normalized spacial score (nSPS) is 10.2. The van der Waals surface area contributed by atoms with Crippen molar-refractivity contribution in [3.05, 3.63) is 52.8 Å². The van der Waals surface area contributed by atoms with Crippen molar-refractivity contribution in [2.75, 3.05) is 0 Å². The van der Waals surface area contributed by atoms with Crippen LogP contribution in [0, 0.1) is 0 Å². The van der Waals surface area contributed by atoms with Gasteiger partial charge in [-0.05, 0) is 17.7 Å². The van der Waals surface area contributed by atoms with Crippen LogP contribution in [-0.4, -0.2) is 16.1 Å². The van der Waals surface area contributed by atoms with Gasteiger partial charge in [0.05, 0.1) is 6.54 Å². The van der Waals surface area contributed by atoms with Crippen LogP contribution < -0.4 is 0 Å². The maximum Gasteiger partial charge on any atom is 0.170 e. The Hall–Kier alpha value is -1.61. The second-order valence-electron chi connectivity index (χ2n) is 3.15. The van der Waals surface area contributed by atoms with Gasteiger partial charge in [-0.25, -0.2) is 0 Å². The number of rotatable bonds is 3. The molecule has 0 aliphatic carbocycles. The smallest absolute Gasteiger partial charge is 0.170 e. The monoisotopic (exact) mass is 220 g/mol. The van der Waals surface area contributed by atoms with Crippen LogP contribution in [-0.2, 0) is 6.54 Å². The number of hydrogen-bond donors (Lipinski definition) is 0. The summed E-state index contributed by atoms with van der Waals surface area (Å²) in [5, 5.41) is 4.76. The SMILES string of the molecule is O=Cc1ccn(Cc2ccccc2Cl)n1. The lowest BCUT2D eigenvalue weighted by Crippen LogP contribution is -2.01. The lowest BCUT2D eigenvalue weighted by atomic mass is 10.2. The molecule has 0 bridgehead atoms. The lowest BCUT2D eigenvalue weighted by Gasteiger charge is -2.03. The minimum atomic E-state index is 0.432. The second-order valence-corrected chi connectivity index (χ2v) is 3.55. The summed E-state index contributed by atoms with van der Waals surface area (Å²) in [6.45, 7) is 0.577. The van der Waals surface area contributed by atoms with Gasteiger partial charge in [0.1, 0.15) is 5.69 Å². The number of aldehydes is 1. The van der Waals surface area contributed by atoms with Crippen molar-refractivity contribution in [1.82, 2.24) is 9.78 Å². The summed E-state index contributed by atoms with van der Waals surface area (Å²) in [4.78, 5) is 10.4. The van der Waals surface area contributed by atoms with Gasteiger partial charge in [-0.1, -0.05) is 29.8 Å². The van der Waals surface area contributed by atoms with Gasteiger partial charge < -0.3 is 0 Å². The van der Waals surface area contributed by atoms with Gasteiger partial charge in [-0.3, -0.25) is 9.48 Å². The van der Waals surface area contributed by atoms with Crippen molar-refractivity contribution in [3.63, 3.8) is 0 Å². The molecule has 0 unspecified atom stereocenters. The van der Waals surface area contributed by atoms with Gasteiger partial charge in [0, 0.05) is 11.2 Å². The van der Waals surface area contributed by atoms with Crippen LogP contribution in [0.25, 0.3) is 0 Å². The fraction of sp³-hybridized carbons (Fsp3) is 0.0909. The molecule has 0 saturated heterocycles. The zero-order chi connectivity index (χ0) is 10.7. The van der Waals surface area contributed by atoms with E-state index in [4.69, 9.17) is 11.6 Å². The first-order chi connectivity index (χ1) is 7.29. The van der Waals surface area contributed by atoms with Gasteiger partial charge >= 0.3 is 0 Å². The molecule has 0 N–H and O–H groups in total. The molecule has 0 radical (unpaired) electrons. The molecule has 0 saturated carbocycles. The summed E-state index contributed by atoms with van der Waals surface area (Å²) >= 11 is 6.00. The molecule has 0 spiro atoms. The van der Waals surface area contributed by atoms with E-state index >= 15 is 0 Å². The highest BCUT2D eigenvalue weighted by Crippen LogP contribution is 2.15. The summed E-state index contributed by atoms with van der Waals surface area (Å²) in [5.41, 5.74) is 1.42. The molecule has 1 aromatic heterocycles. The molecule has 2 rings (SSSR count). The number of nitrogens with zero attached hydrogens (tertiary/aromatic N) is 2. The molecule has 15 heavy (non-hydrogen) atoms. The van der Waals surface area contributed by atoms with Crippen LogP contribution in [0.3, 0.4) is 0 Å². The molecular formula is C11H9ClN2O. The number of halogens is 1. The molecule has 4 heteroatoms. The van der Waals surface area contributed by atoms with E-state index in [-0.39, 0.29) is 0 Å². The lowest BCUT2D eigenvalue weighted by molar-refractivity contribution is 0.111. The van der Waals surface area contributed by atoms with E-state index in [1.54, 1.807) is 16.9 Å². The van der Waals surface area contributed by atoms with Gasteiger partial charge in [0.25, 0.3) is 0 Å². The highest BCUT2D eigenvalue weighted by molar-refractivity contribution is 6.31. The summed E-state index contributed by atoms with van der Waals surface area (Å²) in [7, 11) is 0. The molecule has 2 aromatic rings. The standard InChI is InChI=1S/C11H9ClN2O/c12-11-4-2-1-3-9(11)7-14-6-5-10(8-15)13-14/h1-6,8H,7H2. The Bertz CT molecular complexity index is 479. The number of carbonyl (C=O) groups excluding carboxylic acids is 1. The Balaban J connectivity index is 2.22. The van der Waals surface area contributed by atoms with Crippen LogP contribution in [0.5, 0.6) is 0 Å². The van der Waals surface area contributed by atoms with Gasteiger partial charge in [0.15, 0.2) is 6.29 Å². The highest BCUT2D eigenvalue weighted by atomic mass is 35.5. The fourth-order valence-electron chi connectivity index (χ4n) is 1.33. The summed E-state index contributed by atoms with van der Waals surface area (Å²) in [6.07, 6.45) is 2.48. The van der Waals surface area contributed by atoms with Crippen molar-refractivity contribution >= 4 is 17.9 Å². The largest absolute Gasteiger partial charge is 0.296 e. The van der Waals surface area contributed by atoms with E-state index in [1.165, 1.54) is 0 Å². The van der Waals surface area contributed by atoms with E-state index in [9.17, 15) is 4.79 Å². The van der Waals surface area contributed by atoms with Gasteiger partial charge in [-0.2, -0.15) is 5.10 Å². The second kappa shape index (κ2) is 4.28. The molecule has 1 aromatic carbocycles. The molecule has 0 aliphatic rings. The zero-order valence-electron chi connectivity index (χ0n) is 7.93. The van der Waals surface area contributed by atoms with Gasteiger partial charge in [-0.15, -0.1) is 0 Å². The molecule has 76 valence electrons. The Kier molecular flexibility index (Phi) is 2.83. The molecule has 0 aliphatic heterocycles. The molecular weight excluding hydrogens is 212 g/mol. The summed E-state index contributed by atoms with van der Waals surface area (Å²) in [6, 6.07) is 9.24. The number of benzene rings is 1. The van der Waals surface area contributed by atoms with Crippen molar-refractivity contribution in [2.45, 2.75) is 6.54 Å². The average Bonchev–Trinajstić information content (AvgIpc) is 2.69. The predicted octanol–water partition coefficient (Wildman–Crippen LogP) is 2.40. The third-order valence-electron chi connectivity index (χ3n) is 2.07. The molecule has 0 atom stereocenters. The van der Waals surface area contributed by atoms with Crippen molar-refractivity contribution in [3.8, 4) is 0 Å². The first-order valence-corrected chi connectivity index (χ1v) is 4.89. The first kappa shape index (κ1) is 9.93. The Labute approximate surface area is 92.3 Å². The molecule has 0 amide bonds. The van der Waals surface area contributed by atoms with Crippen molar-refractivity contribution < 1.29 is 4.79 Å². The van der Waals surface area contributed by atoms with Crippen molar-refractivity contribution in [2.24, 2.45) is 0 Å². The van der Waals surface area contributed by atoms with Crippen LogP contribution in [0.2, 0.25) is 5.02 Å². The van der Waals surface area contributed by atoms with Gasteiger partial charge in [0.2, 0.25) is 0 Å². The Morgan fingerprint density at radius 2 is 2.13 bits per heavy atom. The summed E-state index contributed by atoms with van der Waals surface area (Å²) < 4.78 is 1.69. The number of hydrogen-bond acceptors (Lipinski definition) is 2. The third kappa shape index (κ3) is 2.25.